The van der Waals surface area contributed by atoms with Crippen molar-refractivity contribution >= 4 is 26.0 Å². The van der Waals surface area contributed by atoms with Crippen molar-refractivity contribution in [2.75, 3.05) is 19.8 Å². The number of hydrogen-bond acceptors (Lipinski definition) is 5. The minimum atomic E-state index is -3.65. The van der Waals surface area contributed by atoms with Gasteiger partial charge in [0.15, 0.2) is 4.67 Å². The lowest BCUT2D eigenvalue weighted by molar-refractivity contribution is 0.136. The topological polar surface area (TPSA) is 88.8 Å². The first-order valence-corrected chi connectivity index (χ1v) is 8.25. The minimum absolute atomic E-state index is 0.0230. The van der Waals surface area contributed by atoms with E-state index < -0.39 is 10.0 Å². The number of halogens is 1. The van der Waals surface area contributed by atoms with Crippen LogP contribution in [0.25, 0.3) is 0 Å². The van der Waals surface area contributed by atoms with E-state index in [1.807, 2.05) is 0 Å². The van der Waals surface area contributed by atoms with Crippen molar-refractivity contribution < 1.29 is 22.7 Å². The Kier molecular flexibility index (Phi) is 7.01. The van der Waals surface area contributed by atoms with E-state index in [2.05, 4.69) is 27.6 Å². The summed E-state index contributed by atoms with van der Waals surface area (Å²) in [5, 5.41) is 8.89. The SMILES string of the molecule is CCCCOCCNS(=O)(=O)c1cc(CO)oc1Br. The Balaban J connectivity index is 2.49. The van der Waals surface area contributed by atoms with Gasteiger partial charge in [0.2, 0.25) is 10.0 Å². The van der Waals surface area contributed by atoms with E-state index in [4.69, 9.17) is 14.3 Å². The summed E-state index contributed by atoms with van der Waals surface area (Å²) in [4.78, 5) is -0.0230. The highest BCUT2D eigenvalue weighted by atomic mass is 79.9. The quantitative estimate of drug-likeness (QED) is 0.657. The fourth-order valence-corrected chi connectivity index (χ4v) is 3.34. The van der Waals surface area contributed by atoms with E-state index in [9.17, 15) is 8.42 Å². The van der Waals surface area contributed by atoms with Gasteiger partial charge in [0, 0.05) is 19.2 Å². The van der Waals surface area contributed by atoms with E-state index in [0.717, 1.165) is 12.8 Å². The van der Waals surface area contributed by atoms with Crippen molar-refractivity contribution in [3.63, 3.8) is 0 Å². The second-order valence-electron chi connectivity index (χ2n) is 3.87. The molecule has 0 bridgehead atoms. The summed E-state index contributed by atoms with van der Waals surface area (Å²) < 4.78 is 36.6. The van der Waals surface area contributed by atoms with E-state index in [-0.39, 0.29) is 28.5 Å². The molecule has 110 valence electrons. The zero-order valence-corrected chi connectivity index (χ0v) is 13.1. The molecule has 1 aromatic rings. The van der Waals surface area contributed by atoms with Crippen LogP contribution >= 0.6 is 15.9 Å². The lowest BCUT2D eigenvalue weighted by atomic mass is 10.4. The summed E-state index contributed by atoms with van der Waals surface area (Å²) in [6, 6.07) is 1.28. The molecule has 6 nitrogen and oxygen atoms in total. The van der Waals surface area contributed by atoms with Crippen LogP contribution in [0, 0.1) is 0 Å². The average Bonchev–Trinajstić information content (AvgIpc) is 2.76. The normalized spacial score (nSPS) is 11.9. The molecule has 1 rings (SSSR count). The molecular weight excluding hydrogens is 338 g/mol. The number of furan rings is 1. The predicted octanol–water partition coefficient (Wildman–Crippen LogP) is 1.63. The van der Waals surface area contributed by atoms with Gasteiger partial charge in [0.1, 0.15) is 17.3 Å². The molecule has 0 radical (unpaired) electrons. The molecule has 0 amide bonds. The first-order chi connectivity index (χ1) is 9.01. The van der Waals surface area contributed by atoms with Gasteiger partial charge < -0.3 is 14.3 Å². The highest BCUT2D eigenvalue weighted by Crippen LogP contribution is 2.25. The van der Waals surface area contributed by atoms with Crippen LogP contribution in [0.1, 0.15) is 25.5 Å². The number of nitrogens with one attached hydrogen (secondary N) is 1. The summed E-state index contributed by atoms with van der Waals surface area (Å²) >= 11 is 3.01. The van der Waals surface area contributed by atoms with Crippen LogP contribution < -0.4 is 4.72 Å². The number of hydrogen-bond donors (Lipinski definition) is 2. The first-order valence-electron chi connectivity index (χ1n) is 5.97. The minimum Gasteiger partial charge on any atom is -0.450 e. The third-order valence-corrected chi connectivity index (χ3v) is 4.65. The van der Waals surface area contributed by atoms with Crippen molar-refractivity contribution in [2.24, 2.45) is 0 Å². The molecule has 0 aliphatic rings. The van der Waals surface area contributed by atoms with Gasteiger partial charge in [-0.3, -0.25) is 0 Å². The summed E-state index contributed by atoms with van der Waals surface area (Å²) in [6.07, 6.45) is 2.00. The molecule has 1 heterocycles. The van der Waals surface area contributed by atoms with Crippen LogP contribution in [-0.2, 0) is 21.4 Å². The molecule has 0 aromatic carbocycles. The maximum absolute atomic E-state index is 11.9. The molecule has 0 unspecified atom stereocenters. The smallest absolute Gasteiger partial charge is 0.245 e. The van der Waals surface area contributed by atoms with Crippen LogP contribution in [0.5, 0.6) is 0 Å². The van der Waals surface area contributed by atoms with Gasteiger partial charge in [-0.05, 0) is 22.4 Å². The molecule has 0 saturated carbocycles. The van der Waals surface area contributed by atoms with Crippen LogP contribution in [0.3, 0.4) is 0 Å². The average molecular weight is 356 g/mol. The van der Waals surface area contributed by atoms with E-state index >= 15 is 0 Å². The Labute approximate surface area is 121 Å². The molecule has 8 heteroatoms. The zero-order chi connectivity index (χ0) is 14.3. The lowest BCUT2D eigenvalue weighted by Gasteiger charge is -2.05. The van der Waals surface area contributed by atoms with Crippen LogP contribution in [0.15, 0.2) is 20.0 Å². The van der Waals surface area contributed by atoms with Crippen molar-refractivity contribution in [3.8, 4) is 0 Å². The summed E-state index contributed by atoms with van der Waals surface area (Å²) in [6.45, 7) is 2.84. The van der Waals surface area contributed by atoms with E-state index in [1.54, 1.807) is 0 Å². The monoisotopic (exact) mass is 355 g/mol. The zero-order valence-electron chi connectivity index (χ0n) is 10.7. The summed E-state index contributed by atoms with van der Waals surface area (Å²) in [7, 11) is -3.65. The largest absolute Gasteiger partial charge is 0.450 e. The molecule has 0 saturated heterocycles. The molecule has 2 N–H and O–H groups in total. The summed E-state index contributed by atoms with van der Waals surface area (Å²) in [5.74, 6) is 0.187. The Morgan fingerprint density at radius 1 is 1.47 bits per heavy atom. The number of aliphatic hydroxyl groups excluding tert-OH is 1. The van der Waals surface area contributed by atoms with Crippen LogP contribution in [0.2, 0.25) is 0 Å². The highest BCUT2D eigenvalue weighted by Gasteiger charge is 2.21. The Hall–Kier alpha value is -0.410. The molecule has 19 heavy (non-hydrogen) atoms. The Morgan fingerprint density at radius 2 is 2.21 bits per heavy atom. The Bertz CT molecular complexity index is 485. The van der Waals surface area contributed by atoms with Crippen LogP contribution in [0.4, 0.5) is 0 Å². The number of sulfonamides is 1. The third kappa shape index (κ3) is 5.23. The van der Waals surface area contributed by atoms with Crippen LogP contribution in [-0.4, -0.2) is 33.3 Å². The van der Waals surface area contributed by atoms with Crippen molar-refractivity contribution in [2.45, 2.75) is 31.3 Å². The highest BCUT2D eigenvalue weighted by molar-refractivity contribution is 9.10. The second kappa shape index (κ2) is 8.01. The maximum Gasteiger partial charge on any atom is 0.245 e. The van der Waals surface area contributed by atoms with Gasteiger partial charge >= 0.3 is 0 Å². The van der Waals surface area contributed by atoms with E-state index in [1.165, 1.54) is 6.07 Å². The predicted molar refractivity (Wildman–Crippen MR) is 73.2 cm³/mol. The molecule has 0 atom stereocenters. The van der Waals surface area contributed by atoms with Gasteiger partial charge in [0.25, 0.3) is 0 Å². The lowest BCUT2D eigenvalue weighted by Crippen LogP contribution is -2.27. The maximum atomic E-state index is 11.9. The molecule has 0 aliphatic carbocycles. The number of ether oxygens (including phenoxy) is 1. The number of aliphatic hydroxyl groups is 1. The molecule has 0 spiro atoms. The fraction of sp³-hybridized carbons (Fsp3) is 0.636. The summed E-state index contributed by atoms with van der Waals surface area (Å²) in [5.41, 5.74) is 0. The molecule has 1 aromatic heterocycles. The molecule has 0 fully saturated rings. The number of unbranched alkanes of at least 4 members (excludes halogenated alkanes) is 1. The van der Waals surface area contributed by atoms with Gasteiger partial charge in [-0.1, -0.05) is 13.3 Å². The van der Waals surface area contributed by atoms with Gasteiger partial charge in [-0.25, -0.2) is 13.1 Å². The first kappa shape index (κ1) is 16.6. The molecular formula is C11H18BrNO5S. The fourth-order valence-electron chi connectivity index (χ4n) is 1.33. The number of rotatable bonds is 9. The second-order valence-corrected chi connectivity index (χ2v) is 6.33. The molecule has 0 aliphatic heterocycles. The van der Waals surface area contributed by atoms with Crippen molar-refractivity contribution in [1.82, 2.24) is 4.72 Å². The Morgan fingerprint density at radius 3 is 2.79 bits per heavy atom. The van der Waals surface area contributed by atoms with Crippen molar-refractivity contribution in [1.29, 1.82) is 0 Å². The van der Waals surface area contributed by atoms with Gasteiger partial charge in [-0.2, -0.15) is 0 Å². The van der Waals surface area contributed by atoms with Crippen molar-refractivity contribution in [3.05, 3.63) is 16.5 Å². The van der Waals surface area contributed by atoms with Gasteiger partial charge in [0.05, 0.1) is 6.61 Å². The third-order valence-electron chi connectivity index (χ3n) is 2.33. The van der Waals surface area contributed by atoms with E-state index in [0.29, 0.717) is 13.2 Å². The van der Waals surface area contributed by atoms with Gasteiger partial charge in [-0.15, -0.1) is 0 Å². The standard InChI is InChI=1S/C11H18BrNO5S/c1-2-3-5-17-6-4-13-19(15,16)10-7-9(8-14)18-11(10)12/h7,13-14H,2-6,8H2,1H3.